The molecule has 2 N–H and O–H groups in total. The van der Waals surface area contributed by atoms with Crippen LogP contribution in [0.3, 0.4) is 0 Å². The Balaban J connectivity index is 1.90. The summed E-state index contributed by atoms with van der Waals surface area (Å²) in [5.41, 5.74) is 4.62. The second-order valence-electron chi connectivity index (χ2n) is 6.02. The van der Waals surface area contributed by atoms with Gasteiger partial charge in [0.15, 0.2) is 0 Å². The van der Waals surface area contributed by atoms with Gasteiger partial charge in [-0.3, -0.25) is 4.68 Å². The number of para-hydroxylation sites is 1. The van der Waals surface area contributed by atoms with Gasteiger partial charge in [-0.2, -0.15) is 5.10 Å². The molecule has 0 spiro atoms. The largest absolute Gasteiger partial charge is 0.394 e. The zero-order valence-electron chi connectivity index (χ0n) is 14.6. The van der Waals surface area contributed by atoms with E-state index >= 15 is 0 Å². The highest BCUT2D eigenvalue weighted by Crippen LogP contribution is 2.15. The Morgan fingerprint density at radius 3 is 2.61 bits per heavy atom. The second kappa shape index (κ2) is 8.13. The first kappa shape index (κ1) is 17.5. The predicted molar refractivity (Wildman–Crippen MR) is 94.8 cm³/mol. The molecule has 0 saturated heterocycles. The monoisotopic (exact) mass is 316 g/mol. The van der Waals surface area contributed by atoms with Gasteiger partial charge in [-0.05, 0) is 32.9 Å². The van der Waals surface area contributed by atoms with Crippen molar-refractivity contribution in [3.63, 3.8) is 0 Å². The summed E-state index contributed by atoms with van der Waals surface area (Å²) in [6, 6.07) is 10.8. The quantitative estimate of drug-likeness (QED) is 0.783. The number of aliphatic hydroxyl groups excluding tert-OH is 1. The third-order valence-corrected chi connectivity index (χ3v) is 4.41. The molecule has 0 aliphatic carbocycles. The van der Waals surface area contributed by atoms with Crippen molar-refractivity contribution < 1.29 is 5.11 Å². The van der Waals surface area contributed by atoms with Crippen molar-refractivity contribution in [2.24, 2.45) is 0 Å². The number of hydrogen-bond donors (Lipinski definition) is 2. The van der Waals surface area contributed by atoms with Crippen LogP contribution in [0.1, 0.15) is 23.9 Å². The van der Waals surface area contributed by atoms with Crippen molar-refractivity contribution in [1.29, 1.82) is 0 Å². The topological polar surface area (TPSA) is 53.3 Å². The number of benzene rings is 1. The number of rotatable bonds is 8. The highest BCUT2D eigenvalue weighted by Gasteiger charge is 2.13. The highest BCUT2D eigenvalue weighted by molar-refractivity contribution is 5.46. The van der Waals surface area contributed by atoms with Crippen LogP contribution in [0.15, 0.2) is 30.3 Å². The zero-order valence-corrected chi connectivity index (χ0v) is 14.6. The van der Waals surface area contributed by atoms with E-state index in [0.717, 1.165) is 24.5 Å². The third kappa shape index (κ3) is 4.33. The average Bonchev–Trinajstić information content (AvgIpc) is 2.82. The molecule has 1 heterocycles. The average molecular weight is 316 g/mol. The second-order valence-corrected chi connectivity index (χ2v) is 6.02. The van der Waals surface area contributed by atoms with Gasteiger partial charge >= 0.3 is 0 Å². The summed E-state index contributed by atoms with van der Waals surface area (Å²) in [4.78, 5) is 2.28. The molecule has 1 atom stereocenters. The molecule has 5 heteroatoms. The standard InChI is InChI=1S/C18H28N4O/c1-14(21(4)17-8-6-5-7-9-17)12-19-13-18-15(2)20-22(10-11-23)16(18)3/h5-9,14,19,23H,10-13H2,1-4H3. The van der Waals surface area contributed by atoms with Crippen LogP contribution < -0.4 is 10.2 Å². The molecule has 0 amide bonds. The molecule has 5 nitrogen and oxygen atoms in total. The first-order valence-corrected chi connectivity index (χ1v) is 8.17. The van der Waals surface area contributed by atoms with E-state index in [-0.39, 0.29) is 6.61 Å². The summed E-state index contributed by atoms with van der Waals surface area (Å²) in [7, 11) is 2.12. The van der Waals surface area contributed by atoms with Gasteiger partial charge in [0.05, 0.1) is 18.8 Å². The zero-order chi connectivity index (χ0) is 16.8. The van der Waals surface area contributed by atoms with Gasteiger partial charge in [-0.15, -0.1) is 0 Å². The molecule has 126 valence electrons. The van der Waals surface area contributed by atoms with Crippen molar-refractivity contribution in [2.45, 2.75) is 39.9 Å². The molecular formula is C18H28N4O. The van der Waals surface area contributed by atoms with Crippen LogP contribution in [-0.4, -0.2) is 41.1 Å². The minimum Gasteiger partial charge on any atom is -0.394 e. The Kier molecular flexibility index (Phi) is 6.19. The summed E-state index contributed by atoms with van der Waals surface area (Å²) >= 11 is 0. The number of aliphatic hydroxyl groups is 1. The predicted octanol–water partition coefficient (Wildman–Crippen LogP) is 2.11. The SMILES string of the molecule is Cc1nn(CCO)c(C)c1CNCC(C)N(C)c1ccccc1. The van der Waals surface area contributed by atoms with Gasteiger partial charge in [0.2, 0.25) is 0 Å². The Bertz CT molecular complexity index is 609. The first-order chi connectivity index (χ1) is 11.0. The maximum Gasteiger partial charge on any atom is 0.0644 e. The fourth-order valence-electron chi connectivity index (χ4n) is 2.76. The summed E-state index contributed by atoms with van der Waals surface area (Å²) < 4.78 is 1.88. The molecule has 0 saturated carbocycles. The maximum atomic E-state index is 9.08. The molecule has 1 aromatic heterocycles. The van der Waals surface area contributed by atoms with Gasteiger partial charge in [-0.25, -0.2) is 0 Å². The van der Waals surface area contributed by atoms with E-state index in [9.17, 15) is 0 Å². The Hall–Kier alpha value is -1.85. The smallest absolute Gasteiger partial charge is 0.0644 e. The van der Waals surface area contributed by atoms with Gasteiger partial charge in [0.25, 0.3) is 0 Å². The van der Waals surface area contributed by atoms with E-state index in [1.54, 1.807) is 0 Å². The Morgan fingerprint density at radius 2 is 1.96 bits per heavy atom. The number of aromatic nitrogens is 2. The van der Waals surface area contributed by atoms with Crippen LogP contribution in [0, 0.1) is 13.8 Å². The van der Waals surface area contributed by atoms with E-state index < -0.39 is 0 Å². The lowest BCUT2D eigenvalue weighted by atomic mass is 10.2. The number of hydrogen-bond acceptors (Lipinski definition) is 4. The Morgan fingerprint density at radius 1 is 1.26 bits per heavy atom. The minimum atomic E-state index is 0.119. The third-order valence-electron chi connectivity index (χ3n) is 4.41. The van der Waals surface area contributed by atoms with E-state index in [2.05, 4.69) is 60.5 Å². The number of nitrogens with zero attached hydrogens (tertiary/aromatic N) is 3. The summed E-state index contributed by atoms with van der Waals surface area (Å²) in [6.07, 6.45) is 0. The molecule has 0 radical (unpaired) electrons. The summed E-state index contributed by atoms with van der Waals surface area (Å²) in [5, 5.41) is 17.1. The summed E-state index contributed by atoms with van der Waals surface area (Å²) in [5.74, 6) is 0. The molecular weight excluding hydrogens is 288 g/mol. The van der Waals surface area contributed by atoms with Gasteiger partial charge < -0.3 is 15.3 Å². The fourth-order valence-corrected chi connectivity index (χ4v) is 2.76. The van der Waals surface area contributed by atoms with Gasteiger partial charge in [0, 0.05) is 43.1 Å². The molecule has 0 aliphatic heterocycles. The maximum absolute atomic E-state index is 9.08. The van der Waals surface area contributed by atoms with E-state index in [4.69, 9.17) is 5.11 Å². The molecule has 0 bridgehead atoms. The van der Waals surface area contributed by atoms with Crippen LogP contribution in [0.2, 0.25) is 0 Å². The number of aryl methyl sites for hydroxylation is 1. The normalized spacial score (nSPS) is 12.4. The molecule has 0 fully saturated rings. The summed E-state index contributed by atoms with van der Waals surface area (Å²) in [6.45, 7) is 8.68. The molecule has 2 rings (SSSR count). The van der Waals surface area contributed by atoms with Crippen LogP contribution in [0.25, 0.3) is 0 Å². The molecule has 23 heavy (non-hydrogen) atoms. The van der Waals surface area contributed by atoms with Crippen LogP contribution in [0.5, 0.6) is 0 Å². The molecule has 1 unspecified atom stereocenters. The lowest BCUT2D eigenvalue weighted by molar-refractivity contribution is 0.267. The molecule has 1 aromatic carbocycles. The van der Waals surface area contributed by atoms with Crippen LogP contribution in [0.4, 0.5) is 5.69 Å². The van der Waals surface area contributed by atoms with Gasteiger partial charge in [0.1, 0.15) is 0 Å². The van der Waals surface area contributed by atoms with Gasteiger partial charge in [-0.1, -0.05) is 18.2 Å². The lowest BCUT2D eigenvalue weighted by Gasteiger charge is -2.27. The van der Waals surface area contributed by atoms with Crippen molar-refractivity contribution in [2.75, 3.05) is 25.1 Å². The van der Waals surface area contributed by atoms with Crippen molar-refractivity contribution in [3.8, 4) is 0 Å². The fraction of sp³-hybridized carbons (Fsp3) is 0.500. The minimum absolute atomic E-state index is 0.119. The lowest BCUT2D eigenvalue weighted by Crippen LogP contribution is -2.37. The number of likely N-dealkylation sites (N-methyl/N-ethyl adjacent to an activating group) is 1. The van der Waals surface area contributed by atoms with Crippen molar-refractivity contribution in [3.05, 3.63) is 47.3 Å². The van der Waals surface area contributed by atoms with Crippen LogP contribution >= 0.6 is 0 Å². The van der Waals surface area contributed by atoms with Crippen molar-refractivity contribution >= 4 is 5.69 Å². The number of nitrogens with one attached hydrogen (secondary N) is 1. The molecule has 0 aliphatic rings. The van der Waals surface area contributed by atoms with Crippen molar-refractivity contribution in [1.82, 2.24) is 15.1 Å². The Labute approximate surface area is 138 Å². The molecule has 2 aromatic rings. The van der Waals surface area contributed by atoms with E-state index in [1.807, 2.05) is 17.7 Å². The first-order valence-electron chi connectivity index (χ1n) is 8.17. The number of anilines is 1. The highest BCUT2D eigenvalue weighted by atomic mass is 16.3. The van der Waals surface area contributed by atoms with E-state index in [1.165, 1.54) is 11.3 Å². The van der Waals surface area contributed by atoms with E-state index in [0.29, 0.717) is 12.6 Å². The van der Waals surface area contributed by atoms with Crippen LogP contribution in [-0.2, 0) is 13.1 Å².